The van der Waals surface area contributed by atoms with Gasteiger partial charge in [0, 0.05) is 12.6 Å². The van der Waals surface area contributed by atoms with Gasteiger partial charge in [0.1, 0.15) is 0 Å². The minimum atomic E-state index is 0.191. The molecular weight excluding hydrogens is 174 g/mol. The molecular formula is C12H19NO. The molecule has 1 rings (SSSR count). The summed E-state index contributed by atoms with van der Waals surface area (Å²) >= 11 is 0. The third kappa shape index (κ3) is 3.13. The van der Waals surface area contributed by atoms with Crippen molar-refractivity contribution in [2.45, 2.75) is 19.9 Å². The van der Waals surface area contributed by atoms with Crippen LogP contribution in [0, 0.1) is 5.92 Å². The first kappa shape index (κ1) is 11.2. The quantitative estimate of drug-likeness (QED) is 0.749. The maximum Gasteiger partial charge on any atom is 0.0556 e. The van der Waals surface area contributed by atoms with Gasteiger partial charge in [0.2, 0.25) is 0 Å². The summed E-state index contributed by atoms with van der Waals surface area (Å²) in [5.74, 6) is 0.531. The normalized spacial score (nSPS) is 13.1. The van der Waals surface area contributed by atoms with Crippen LogP contribution in [0.3, 0.4) is 0 Å². The van der Waals surface area contributed by atoms with Crippen molar-refractivity contribution in [2.24, 2.45) is 5.92 Å². The predicted octanol–water partition coefficient (Wildman–Crippen LogP) is 1.97. The molecule has 0 heterocycles. The third-order valence-corrected chi connectivity index (χ3v) is 2.30. The Morgan fingerprint density at radius 2 is 1.86 bits per heavy atom. The molecule has 0 amide bonds. The van der Waals surface area contributed by atoms with Gasteiger partial charge >= 0.3 is 0 Å². The molecule has 2 nitrogen and oxygen atoms in total. The van der Waals surface area contributed by atoms with Gasteiger partial charge in [-0.2, -0.15) is 0 Å². The molecule has 1 aromatic rings. The number of hydrogen-bond donors (Lipinski definition) is 2. The van der Waals surface area contributed by atoms with E-state index in [-0.39, 0.29) is 6.61 Å². The predicted molar refractivity (Wildman–Crippen MR) is 59.1 cm³/mol. The van der Waals surface area contributed by atoms with Gasteiger partial charge < -0.3 is 10.4 Å². The SMILES string of the molecule is CC(C)[C@@H](NCCO)c1ccccc1. The average Bonchev–Trinajstić information content (AvgIpc) is 2.19. The lowest BCUT2D eigenvalue weighted by molar-refractivity contribution is 0.274. The van der Waals surface area contributed by atoms with Crippen LogP contribution in [0.4, 0.5) is 0 Å². The first-order valence-corrected chi connectivity index (χ1v) is 5.15. The van der Waals surface area contributed by atoms with Crippen LogP contribution in [0.25, 0.3) is 0 Å². The Kier molecular flexibility index (Phi) is 4.63. The number of hydrogen-bond acceptors (Lipinski definition) is 2. The molecule has 78 valence electrons. The molecule has 0 saturated carbocycles. The van der Waals surface area contributed by atoms with Crippen LogP contribution < -0.4 is 5.32 Å². The topological polar surface area (TPSA) is 32.3 Å². The minimum absolute atomic E-state index is 0.191. The first-order chi connectivity index (χ1) is 6.75. The van der Waals surface area contributed by atoms with Crippen LogP contribution >= 0.6 is 0 Å². The molecule has 0 bridgehead atoms. The summed E-state index contributed by atoms with van der Waals surface area (Å²) in [6.07, 6.45) is 0. The fourth-order valence-electron chi connectivity index (χ4n) is 1.62. The summed E-state index contributed by atoms with van der Waals surface area (Å²) in [5.41, 5.74) is 1.29. The smallest absolute Gasteiger partial charge is 0.0556 e. The standard InChI is InChI=1S/C12H19NO/c1-10(2)12(13-8-9-14)11-6-4-3-5-7-11/h3-7,10,12-14H,8-9H2,1-2H3/t12-/m1/s1. The summed E-state index contributed by atoms with van der Waals surface area (Å²) in [6.45, 7) is 5.21. The van der Waals surface area contributed by atoms with Crippen molar-refractivity contribution in [2.75, 3.05) is 13.2 Å². The summed E-state index contributed by atoms with van der Waals surface area (Å²) in [5, 5.41) is 12.1. The van der Waals surface area contributed by atoms with Crippen molar-refractivity contribution in [3.63, 3.8) is 0 Å². The molecule has 2 heteroatoms. The van der Waals surface area contributed by atoms with Gasteiger partial charge in [0.05, 0.1) is 6.61 Å². The lowest BCUT2D eigenvalue weighted by atomic mass is 9.96. The van der Waals surface area contributed by atoms with Crippen LogP contribution in [0.1, 0.15) is 25.5 Å². The fraction of sp³-hybridized carbons (Fsp3) is 0.500. The molecule has 14 heavy (non-hydrogen) atoms. The molecule has 1 aromatic carbocycles. The van der Waals surface area contributed by atoms with E-state index in [0.29, 0.717) is 18.5 Å². The molecule has 0 saturated heterocycles. The minimum Gasteiger partial charge on any atom is -0.395 e. The maximum absolute atomic E-state index is 8.78. The molecule has 0 aliphatic carbocycles. The Bertz CT molecular complexity index is 246. The summed E-state index contributed by atoms with van der Waals surface area (Å²) in [6, 6.07) is 10.7. The average molecular weight is 193 g/mol. The number of benzene rings is 1. The summed E-state index contributed by atoms with van der Waals surface area (Å²) in [7, 11) is 0. The van der Waals surface area contributed by atoms with Crippen molar-refractivity contribution in [3.8, 4) is 0 Å². The van der Waals surface area contributed by atoms with E-state index in [0.717, 1.165) is 0 Å². The molecule has 0 spiro atoms. The number of aliphatic hydroxyl groups excluding tert-OH is 1. The Labute approximate surface area is 86.0 Å². The van der Waals surface area contributed by atoms with Crippen molar-refractivity contribution in [1.82, 2.24) is 5.32 Å². The zero-order chi connectivity index (χ0) is 10.4. The Balaban J connectivity index is 2.68. The first-order valence-electron chi connectivity index (χ1n) is 5.15. The fourth-order valence-corrected chi connectivity index (χ4v) is 1.62. The van der Waals surface area contributed by atoms with Crippen LogP contribution in [0.2, 0.25) is 0 Å². The van der Waals surface area contributed by atoms with Gasteiger partial charge in [-0.3, -0.25) is 0 Å². The van der Waals surface area contributed by atoms with E-state index < -0.39 is 0 Å². The lowest BCUT2D eigenvalue weighted by Gasteiger charge is -2.22. The maximum atomic E-state index is 8.78. The summed E-state index contributed by atoms with van der Waals surface area (Å²) in [4.78, 5) is 0. The molecule has 1 atom stereocenters. The van der Waals surface area contributed by atoms with Crippen LogP contribution in [-0.2, 0) is 0 Å². The van der Waals surface area contributed by atoms with Gasteiger partial charge in [0.25, 0.3) is 0 Å². The largest absolute Gasteiger partial charge is 0.395 e. The van der Waals surface area contributed by atoms with Gasteiger partial charge in [0.15, 0.2) is 0 Å². The van der Waals surface area contributed by atoms with E-state index in [1.54, 1.807) is 0 Å². The molecule has 0 aliphatic heterocycles. The Morgan fingerprint density at radius 1 is 1.21 bits per heavy atom. The second kappa shape index (κ2) is 5.78. The van der Waals surface area contributed by atoms with Gasteiger partial charge in [-0.15, -0.1) is 0 Å². The van der Waals surface area contributed by atoms with E-state index >= 15 is 0 Å². The monoisotopic (exact) mass is 193 g/mol. The van der Waals surface area contributed by atoms with Crippen molar-refractivity contribution in [1.29, 1.82) is 0 Å². The van der Waals surface area contributed by atoms with Crippen molar-refractivity contribution < 1.29 is 5.11 Å². The number of rotatable bonds is 5. The van der Waals surface area contributed by atoms with Crippen LogP contribution in [0.5, 0.6) is 0 Å². The highest BCUT2D eigenvalue weighted by Crippen LogP contribution is 2.20. The Hall–Kier alpha value is -0.860. The van der Waals surface area contributed by atoms with E-state index in [9.17, 15) is 0 Å². The zero-order valence-corrected chi connectivity index (χ0v) is 8.90. The second-order valence-electron chi connectivity index (χ2n) is 3.81. The molecule has 0 fully saturated rings. The number of nitrogens with one attached hydrogen (secondary N) is 1. The molecule has 0 aliphatic rings. The van der Waals surface area contributed by atoms with Gasteiger partial charge in [-0.25, -0.2) is 0 Å². The van der Waals surface area contributed by atoms with E-state index in [1.807, 2.05) is 18.2 Å². The second-order valence-corrected chi connectivity index (χ2v) is 3.81. The molecule has 0 unspecified atom stereocenters. The van der Waals surface area contributed by atoms with Gasteiger partial charge in [-0.1, -0.05) is 44.2 Å². The summed E-state index contributed by atoms with van der Waals surface area (Å²) < 4.78 is 0. The molecule has 2 N–H and O–H groups in total. The number of aliphatic hydroxyl groups is 1. The Morgan fingerprint density at radius 3 is 2.36 bits per heavy atom. The van der Waals surface area contributed by atoms with Crippen molar-refractivity contribution in [3.05, 3.63) is 35.9 Å². The van der Waals surface area contributed by atoms with Gasteiger partial charge in [-0.05, 0) is 11.5 Å². The molecule has 0 aromatic heterocycles. The van der Waals surface area contributed by atoms with E-state index in [4.69, 9.17) is 5.11 Å². The van der Waals surface area contributed by atoms with E-state index in [2.05, 4.69) is 31.3 Å². The third-order valence-electron chi connectivity index (χ3n) is 2.30. The van der Waals surface area contributed by atoms with Crippen molar-refractivity contribution >= 4 is 0 Å². The highest BCUT2D eigenvalue weighted by Gasteiger charge is 2.13. The zero-order valence-electron chi connectivity index (χ0n) is 8.90. The van der Waals surface area contributed by atoms with E-state index in [1.165, 1.54) is 5.56 Å². The molecule has 0 radical (unpaired) electrons. The van der Waals surface area contributed by atoms with Crippen LogP contribution in [0.15, 0.2) is 30.3 Å². The highest BCUT2D eigenvalue weighted by molar-refractivity contribution is 5.19. The lowest BCUT2D eigenvalue weighted by Crippen LogP contribution is -2.28. The highest BCUT2D eigenvalue weighted by atomic mass is 16.3. The van der Waals surface area contributed by atoms with Crippen LogP contribution in [-0.4, -0.2) is 18.3 Å².